The molecule has 0 radical (unpaired) electrons. The first-order valence-electron chi connectivity index (χ1n) is 9.98. The van der Waals surface area contributed by atoms with Gasteiger partial charge >= 0.3 is 6.03 Å². The minimum atomic E-state index is -0.0288. The van der Waals surface area contributed by atoms with Crippen LogP contribution in [0.15, 0.2) is 36.7 Å². The fraction of sp³-hybridized carbons (Fsp3) is 0.550. The summed E-state index contributed by atoms with van der Waals surface area (Å²) >= 11 is 0. The van der Waals surface area contributed by atoms with Gasteiger partial charge in [-0.2, -0.15) is 5.10 Å². The van der Waals surface area contributed by atoms with E-state index in [0.717, 1.165) is 31.7 Å². The van der Waals surface area contributed by atoms with Gasteiger partial charge in [-0.3, -0.25) is 10.3 Å². The van der Waals surface area contributed by atoms with Crippen LogP contribution in [0.1, 0.15) is 31.4 Å². The zero-order chi connectivity index (χ0) is 18.5. The molecule has 2 aromatic rings. The molecule has 2 amide bonds. The molecule has 0 saturated carbocycles. The van der Waals surface area contributed by atoms with E-state index in [0.29, 0.717) is 18.3 Å². The number of amides is 2. The number of hydrogen-bond acceptors (Lipinski definition) is 4. The Bertz CT molecular complexity index is 740. The number of nitrogens with one attached hydrogen (secondary N) is 1. The number of carbonyl (C=O) groups excluding carboxylic acids is 1. The lowest BCUT2D eigenvalue weighted by Gasteiger charge is -2.29. The molecule has 7 heteroatoms. The number of nitrogens with zero attached hydrogens (tertiary/aromatic N) is 5. The first kappa shape index (κ1) is 18.0. The smallest absolute Gasteiger partial charge is 0.323 e. The van der Waals surface area contributed by atoms with E-state index in [9.17, 15) is 4.79 Å². The summed E-state index contributed by atoms with van der Waals surface area (Å²) in [4.78, 5) is 21.5. The Kier molecular flexibility index (Phi) is 5.67. The quantitative estimate of drug-likeness (QED) is 0.881. The molecule has 1 unspecified atom stereocenters. The third-order valence-corrected chi connectivity index (χ3v) is 5.53. The molecule has 2 aromatic heterocycles. The maximum Gasteiger partial charge on any atom is 0.323 e. The van der Waals surface area contributed by atoms with E-state index in [-0.39, 0.29) is 6.03 Å². The summed E-state index contributed by atoms with van der Waals surface area (Å²) in [5, 5.41) is 7.34. The van der Waals surface area contributed by atoms with E-state index in [4.69, 9.17) is 0 Å². The molecule has 0 bridgehead atoms. The largest absolute Gasteiger partial charge is 0.324 e. The number of hydrogen-bond donors (Lipinski definition) is 1. The van der Waals surface area contributed by atoms with Crippen LogP contribution < -0.4 is 5.32 Å². The summed E-state index contributed by atoms with van der Waals surface area (Å²) in [5.74, 6) is 1.30. The summed E-state index contributed by atoms with van der Waals surface area (Å²) < 4.78 is 1.78. The van der Waals surface area contributed by atoms with Gasteiger partial charge in [0.25, 0.3) is 0 Å². The van der Waals surface area contributed by atoms with Gasteiger partial charge in [0.05, 0.1) is 18.4 Å². The zero-order valence-electron chi connectivity index (χ0n) is 15.8. The minimum Gasteiger partial charge on any atom is -0.324 e. The highest BCUT2D eigenvalue weighted by atomic mass is 16.2. The molecule has 2 aliphatic rings. The Balaban J connectivity index is 1.30. The Morgan fingerprint density at radius 3 is 2.81 bits per heavy atom. The van der Waals surface area contributed by atoms with Crippen molar-refractivity contribution in [2.75, 3.05) is 38.0 Å². The van der Waals surface area contributed by atoms with Gasteiger partial charge < -0.3 is 9.80 Å². The Morgan fingerprint density at radius 2 is 2.00 bits per heavy atom. The van der Waals surface area contributed by atoms with Crippen LogP contribution in [0.4, 0.5) is 10.6 Å². The lowest BCUT2D eigenvalue weighted by molar-refractivity contribution is 0.192. The molecule has 0 aliphatic carbocycles. The van der Waals surface area contributed by atoms with Gasteiger partial charge in [-0.15, -0.1) is 0 Å². The van der Waals surface area contributed by atoms with E-state index in [2.05, 4.69) is 20.3 Å². The number of aromatic nitrogens is 3. The first-order valence-corrected chi connectivity index (χ1v) is 9.98. The topological polar surface area (TPSA) is 66.3 Å². The van der Waals surface area contributed by atoms with Crippen molar-refractivity contribution >= 4 is 11.8 Å². The highest BCUT2D eigenvalue weighted by Gasteiger charge is 2.28. The molecular weight excluding hydrogens is 340 g/mol. The molecule has 144 valence electrons. The number of piperidine rings is 1. The van der Waals surface area contributed by atoms with Crippen molar-refractivity contribution < 1.29 is 4.79 Å². The zero-order valence-corrected chi connectivity index (χ0v) is 15.8. The van der Waals surface area contributed by atoms with Crippen molar-refractivity contribution in [1.82, 2.24) is 24.6 Å². The number of anilines is 1. The second-order valence-electron chi connectivity index (χ2n) is 7.59. The van der Waals surface area contributed by atoms with Crippen molar-refractivity contribution in [1.29, 1.82) is 0 Å². The van der Waals surface area contributed by atoms with Gasteiger partial charge in [-0.1, -0.05) is 12.5 Å². The molecule has 27 heavy (non-hydrogen) atoms. The van der Waals surface area contributed by atoms with Crippen molar-refractivity contribution in [3.63, 3.8) is 0 Å². The Morgan fingerprint density at radius 1 is 1.11 bits per heavy atom. The number of pyridine rings is 1. The van der Waals surface area contributed by atoms with E-state index in [1.54, 1.807) is 17.1 Å². The Labute approximate surface area is 160 Å². The molecule has 2 saturated heterocycles. The van der Waals surface area contributed by atoms with Crippen molar-refractivity contribution in [3.05, 3.63) is 42.4 Å². The van der Waals surface area contributed by atoms with Crippen LogP contribution in [0, 0.1) is 5.92 Å². The van der Waals surface area contributed by atoms with E-state index in [1.165, 1.54) is 32.4 Å². The van der Waals surface area contributed by atoms with Crippen LogP contribution >= 0.6 is 0 Å². The summed E-state index contributed by atoms with van der Waals surface area (Å²) in [7, 11) is 0. The SMILES string of the molecule is O=C(Nc1ccnn1Cc1ccccn1)N1CCC(CN2CCCCC2)C1. The molecule has 1 N–H and O–H groups in total. The molecule has 0 spiro atoms. The average Bonchev–Trinajstić information content (AvgIpc) is 3.33. The number of rotatable bonds is 5. The van der Waals surface area contributed by atoms with Gasteiger partial charge in [-0.25, -0.2) is 9.48 Å². The Hall–Kier alpha value is -2.41. The minimum absolute atomic E-state index is 0.0288. The van der Waals surface area contributed by atoms with Crippen LogP contribution in [-0.2, 0) is 6.54 Å². The fourth-order valence-electron chi connectivity index (χ4n) is 4.07. The molecule has 4 heterocycles. The summed E-state index contributed by atoms with van der Waals surface area (Å²) in [5.41, 5.74) is 0.916. The summed E-state index contributed by atoms with van der Waals surface area (Å²) in [6, 6.07) is 7.61. The lowest BCUT2D eigenvalue weighted by Crippen LogP contribution is -2.37. The maximum atomic E-state index is 12.7. The van der Waals surface area contributed by atoms with Crippen LogP contribution in [0.3, 0.4) is 0 Å². The molecular formula is C20H28N6O. The van der Waals surface area contributed by atoms with Crippen LogP contribution in [0.2, 0.25) is 0 Å². The van der Waals surface area contributed by atoms with Crippen molar-refractivity contribution in [2.45, 2.75) is 32.2 Å². The molecule has 2 fully saturated rings. The standard InChI is InChI=1S/C20H28N6O/c27-20(25-13-8-17(15-25)14-24-11-4-1-5-12-24)23-19-7-10-22-26(19)16-18-6-2-3-9-21-18/h2-3,6-7,9-10,17H,1,4-5,8,11-16H2,(H,23,27). The van der Waals surface area contributed by atoms with E-state index < -0.39 is 0 Å². The van der Waals surface area contributed by atoms with Gasteiger partial charge in [0.1, 0.15) is 5.82 Å². The predicted molar refractivity (Wildman–Crippen MR) is 105 cm³/mol. The second kappa shape index (κ2) is 8.52. The monoisotopic (exact) mass is 368 g/mol. The normalized spacial score (nSPS) is 20.7. The van der Waals surface area contributed by atoms with E-state index >= 15 is 0 Å². The highest BCUT2D eigenvalue weighted by Crippen LogP contribution is 2.21. The second-order valence-corrected chi connectivity index (χ2v) is 7.59. The number of likely N-dealkylation sites (tertiary alicyclic amines) is 2. The van der Waals surface area contributed by atoms with Gasteiger partial charge in [0.15, 0.2) is 0 Å². The summed E-state index contributed by atoms with van der Waals surface area (Å²) in [6.45, 7) is 5.78. The van der Waals surface area contributed by atoms with Crippen molar-refractivity contribution in [3.8, 4) is 0 Å². The van der Waals surface area contributed by atoms with Crippen LogP contribution in [0.5, 0.6) is 0 Å². The summed E-state index contributed by atoms with van der Waals surface area (Å²) in [6.07, 6.45) is 8.57. The number of carbonyl (C=O) groups is 1. The van der Waals surface area contributed by atoms with Crippen molar-refractivity contribution in [2.24, 2.45) is 5.92 Å². The average molecular weight is 368 g/mol. The molecule has 1 atom stereocenters. The van der Waals surface area contributed by atoms with Gasteiger partial charge in [-0.05, 0) is 50.4 Å². The molecule has 4 rings (SSSR count). The first-order chi connectivity index (χ1) is 13.3. The van der Waals surface area contributed by atoms with Gasteiger partial charge in [0.2, 0.25) is 0 Å². The van der Waals surface area contributed by atoms with Crippen LogP contribution in [-0.4, -0.2) is 63.3 Å². The lowest BCUT2D eigenvalue weighted by atomic mass is 10.1. The predicted octanol–water partition coefficient (Wildman–Crippen LogP) is 2.67. The molecule has 0 aromatic carbocycles. The third kappa shape index (κ3) is 4.66. The van der Waals surface area contributed by atoms with Gasteiger partial charge in [0, 0.05) is 31.9 Å². The van der Waals surface area contributed by atoms with E-state index in [1.807, 2.05) is 29.2 Å². The van der Waals surface area contributed by atoms with Crippen LogP contribution in [0.25, 0.3) is 0 Å². The molecule has 7 nitrogen and oxygen atoms in total. The highest BCUT2D eigenvalue weighted by molar-refractivity contribution is 5.88. The number of urea groups is 1. The molecule has 2 aliphatic heterocycles. The fourth-order valence-corrected chi connectivity index (χ4v) is 4.07. The third-order valence-electron chi connectivity index (χ3n) is 5.53. The maximum absolute atomic E-state index is 12.7.